The van der Waals surface area contributed by atoms with Crippen LogP contribution in [-0.4, -0.2) is 31.9 Å². The molecule has 1 fully saturated rings. The van der Waals surface area contributed by atoms with Gasteiger partial charge >= 0.3 is 0 Å². The Morgan fingerprint density at radius 3 is 2.38 bits per heavy atom. The lowest BCUT2D eigenvalue weighted by Crippen LogP contribution is -2.43. The second-order valence-electron chi connectivity index (χ2n) is 8.58. The van der Waals surface area contributed by atoms with E-state index in [2.05, 4.69) is 46.6 Å². The zero-order chi connectivity index (χ0) is 22.4. The van der Waals surface area contributed by atoms with Gasteiger partial charge in [0, 0.05) is 40.1 Å². The summed E-state index contributed by atoms with van der Waals surface area (Å²) >= 11 is 0. The van der Waals surface area contributed by atoms with Crippen LogP contribution in [0.5, 0.6) is 5.88 Å². The Hall–Kier alpha value is -3.68. The van der Waals surface area contributed by atoms with Gasteiger partial charge in [0.15, 0.2) is 5.65 Å². The van der Waals surface area contributed by atoms with Crippen LogP contribution in [0.2, 0.25) is 0 Å². The number of nitrogens with zero attached hydrogens (tertiary/aromatic N) is 4. The first-order valence-electron chi connectivity index (χ1n) is 11.1. The van der Waals surface area contributed by atoms with Crippen molar-refractivity contribution < 1.29 is 4.74 Å². The predicted octanol–water partition coefficient (Wildman–Crippen LogP) is 5.22. The number of ether oxygens (including phenoxy) is 1. The molecule has 8 heteroatoms. The van der Waals surface area contributed by atoms with Crippen LogP contribution in [-0.2, 0) is 5.54 Å². The number of fused-ring (bicyclic) bond motifs is 1. The summed E-state index contributed by atoms with van der Waals surface area (Å²) in [5.41, 5.74) is 13.9. The smallest absolute Gasteiger partial charge is 0.232 e. The van der Waals surface area contributed by atoms with Crippen molar-refractivity contribution in [3.63, 3.8) is 0 Å². The van der Waals surface area contributed by atoms with Crippen LogP contribution in [0.4, 0.5) is 0 Å². The molecule has 3 aromatic heterocycles. The molecule has 1 aliphatic rings. The molecule has 6 rings (SSSR count). The number of imidazole rings is 1. The third-order valence-corrected chi connectivity index (χ3v) is 6.61. The topological polar surface area (TPSA) is 94.1 Å². The average Bonchev–Trinajstić information content (AvgIpc) is 3.51. The molecule has 0 aliphatic heterocycles. The van der Waals surface area contributed by atoms with Crippen molar-refractivity contribution in [1.29, 1.82) is 0 Å². The number of hydrogen-bond donors (Lipinski definition) is 2. The van der Waals surface area contributed by atoms with Gasteiger partial charge in [-0.3, -0.25) is 5.10 Å². The van der Waals surface area contributed by atoms with Crippen molar-refractivity contribution in [2.45, 2.75) is 24.8 Å². The van der Waals surface area contributed by atoms with Crippen LogP contribution >= 0.6 is 12.4 Å². The number of aromatic nitrogens is 5. The van der Waals surface area contributed by atoms with Crippen molar-refractivity contribution in [2.24, 2.45) is 5.73 Å². The van der Waals surface area contributed by atoms with Gasteiger partial charge < -0.3 is 10.5 Å². The number of nitrogens with one attached hydrogen (secondary N) is 1. The molecule has 0 unspecified atom stereocenters. The van der Waals surface area contributed by atoms with E-state index in [1.54, 1.807) is 13.3 Å². The predicted molar refractivity (Wildman–Crippen MR) is 135 cm³/mol. The van der Waals surface area contributed by atoms with Gasteiger partial charge in [0.05, 0.1) is 19.0 Å². The van der Waals surface area contributed by atoms with E-state index in [0.29, 0.717) is 5.88 Å². The molecule has 0 atom stereocenters. The van der Waals surface area contributed by atoms with Crippen LogP contribution in [0.25, 0.3) is 39.3 Å². The fraction of sp³-hybridized carbons (Fsp3) is 0.192. The Morgan fingerprint density at radius 1 is 1.00 bits per heavy atom. The summed E-state index contributed by atoms with van der Waals surface area (Å²) in [4.78, 5) is 5.09. The van der Waals surface area contributed by atoms with Gasteiger partial charge in [-0.2, -0.15) is 5.10 Å². The molecule has 3 heterocycles. The molecule has 1 saturated carbocycles. The number of H-pyrrole nitrogens is 1. The maximum absolute atomic E-state index is 6.55. The highest BCUT2D eigenvalue weighted by molar-refractivity contribution is 5.87. The molecular weight excluding hydrogens is 448 g/mol. The van der Waals surface area contributed by atoms with Crippen molar-refractivity contribution in [3.05, 3.63) is 78.6 Å². The lowest BCUT2D eigenvalue weighted by molar-refractivity contribution is 0.253. The van der Waals surface area contributed by atoms with E-state index in [-0.39, 0.29) is 17.9 Å². The Balaban J connectivity index is 0.00000241. The van der Waals surface area contributed by atoms with Crippen LogP contribution in [0.15, 0.2) is 73.1 Å². The van der Waals surface area contributed by atoms with Crippen LogP contribution < -0.4 is 10.5 Å². The van der Waals surface area contributed by atoms with Crippen LogP contribution in [0.1, 0.15) is 24.8 Å². The zero-order valence-corrected chi connectivity index (χ0v) is 19.5. The van der Waals surface area contributed by atoms with Crippen molar-refractivity contribution in [1.82, 2.24) is 24.8 Å². The molecule has 0 radical (unpaired) electrons. The largest absolute Gasteiger partial charge is 0.480 e. The molecule has 7 nitrogen and oxygen atoms in total. The number of benzene rings is 2. The van der Waals surface area contributed by atoms with E-state index in [1.807, 2.05) is 35.0 Å². The van der Waals surface area contributed by atoms with Gasteiger partial charge in [-0.25, -0.2) is 9.50 Å². The van der Waals surface area contributed by atoms with Gasteiger partial charge in [-0.1, -0.05) is 54.6 Å². The quantitative estimate of drug-likeness (QED) is 0.365. The molecule has 3 N–H and O–H groups in total. The van der Waals surface area contributed by atoms with E-state index >= 15 is 0 Å². The third kappa shape index (κ3) is 3.54. The Kier molecular flexibility index (Phi) is 5.59. The summed E-state index contributed by atoms with van der Waals surface area (Å²) < 4.78 is 7.41. The van der Waals surface area contributed by atoms with E-state index in [9.17, 15) is 0 Å². The second-order valence-corrected chi connectivity index (χ2v) is 8.58. The zero-order valence-electron chi connectivity index (χ0n) is 18.7. The SMILES string of the molecule is COc1cc(-c2cn[nH]c2)c2nc(-c3ccc(C4(N)CCC4)cc3)c(-c3ccccc3)n2n1.Cl. The Morgan fingerprint density at radius 2 is 1.76 bits per heavy atom. The van der Waals surface area contributed by atoms with Gasteiger partial charge in [-0.15, -0.1) is 17.5 Å². The molecular formula is C26H25ClN6O. The van der Waals surface area contributed by atoms with Crippen LogP contribution in [0, 0.1) is 0 Å². The number of rotatable bonds is 5. The van der Waals surface area contributed by atoms with E-state index < -0.39 is 0 Å². The van der Waals surface area contributed by atoms with E-state index in [0.717, 1.165) is 52.1 Å². The average molecular weight is 473 g/mol. The molecule has 0 saturated heterocycles. The Bertz CT molecular complexity index is 1420. The lowest BCUT2D eigenvalue weighted by Gasteiger charge is -2.38. The molecule has 2 aromatic carbocycles. The highest BCUT2D eigenvalue weighted by Crippen LogP contribution is 2.40. The fourth-order valence-electron chi connectivity index (χ4n) is 4.57. The molecule has 1 aliphatic carbocycles. The van der Waals surface area contributed by atoms with Crippen molar-refractivity contribution >= 4 is 18.1 Å². The highest BCUT2D eigenvalue weighted by atomic mass is 35.5. The first kappa shape index (κ1) is 22.1. The number of hydrogen-bond acceptors (Lipinski definition) is 5. The first-order chi connectivity index (χ1) is 16.2. The molecule has 0 amide bonds. The summed E-state index contributed by atoms with van der Waals surface area (Å²) in [6.07, 6.45) is 6.88. The van der Waals surface area contributed by atoms with Gasteiger partial charge in [-0.05, 0) is 24.8 Å². The van der Waals surface area contributed by atoms with Crippen molar-refractivity contribution in [2.75, 3.05) is 7.11 Å². The molecule has 0 bridgehead atoms. The van der Waals surface area contributed by atoms with Crippen LogP contribution in [0.3, 0.4) is 0 Å². The minimum atomic E-state index is -0.191. The first-order valence-corrected chi connectivity index (χ1v) is 11.1. The summed E-state index contributed by atoms with van der Waals surface area (Å²) in [7, 11) is 1.62. The Labute approximate surface area is 203 Å². The maximum Gasteiger partial charge on any atom is 0.232 e. The van der Waals surface area contributed by atoms with E-state index in [4.69, 9.17) is 20.6 Å². The summed E-state index contributed by atoms with van der Waals surface area (Å²) in [6, 6.07) is 20.6. The number of nitrogens with two attached hydrogens (primary N) is 1. The van der Waals surface area contributed by atoms with Crippen molar-refractivity contribution in [3.8, 4) is 39.5 Å². The minimum absolute atomic E-state index is 0. The normalized spacial score (nSPS) is 14.4. The van der Waals surface area contributed by atoms with E-state index in [1.165, 1.54) is 12.0 Å². The lowest BCUT2D eigenvalue weighted by atomic mass is 9.72. The molecule has 34 heavy (non-hydrogen) atoms. The summed E-state index contributed by atoms with van der Waals surface area (Å²) in [5.74, 6) is 0.505. The fourth-order valence-corrected chi connectivity index (χ4v) is 4.57. The highest BCUT2D eigenvalue weighted by Gasteiger charge is 2.34. The minimum Gasteiger partial charge on any atom is -0.480 e. The monoisotopic (exact) mass is 472 g/mol. The number of aromatic amines is 1. The second kappa shape index (κ2) is 8.59. The molecule has 0 spiro atoms. The number of halogens is 1. The summed E-state index contributed by atoms with van der Waals surface area (Å²) in [6.45, 7) is 0. The van der Waals surface area contributed by atoms with Gasteiger partial charge in [0.25, 0.3) is 0 Å². The standard InChI is InChI=1S/C26H24N6O.ClH/c1-33-22-14-21(19-15-28-29-16-19)25-30-23(24(32(25)31-22)18-6-3-2-4-7-18)17-8-10-20(11-9-17)26(27)12-5-13-26;/h2-4,6-11,14-16H,5,12-13,27H2,1H3,(H,28,29);1H. The number of methoxy groups -OCH3 is 1. The van der Waals surface area contributed by atoms with Gasteiger partial charge in [0.1, 0.15) is 5.69 Å². The van der Waals surface area contributed by atoms with Gasteiger partial charge in [0.2, 0.25) is 5.88 Å². The molecule has 172 valence electrons. The maximum atomic E-state index is 6.55. The third-order valence-electron chi connectivity index (χ3n) is 6.61. The summed E-state index contributed by atoms with van der Waals surface area (Å²) in [5, 5.41) is 11.8. The molecule has 5 aromatic rings.